The summed E-state index contributed by atoms with van der Waals surface area (Å²) >= 11 is 1.79. The second-order valence-electron chi connectivity index (χ2n) is 2.08. The Labute approximate surface area is 72.8 Å². The van der Waals surface area contributed by atoms with E-state index < -0.39 is 0 Å². The Bertz CT molecular complexity index is 159. The summed E-state index contributed by atoms with van der Waals surface area (Å²) in [5.74, 6) is 0. The molecule has 0 unspecified atom stereocenters. The van der Waals surface area contributed by atoms with Gasteiger partial charge in [0.15, 0.2) is 0 Å². The van der Waals surface area contributed by atoms with E-state index in [0.717, 1.165) is 5.03 Å². The van der Waals surface area contributed by atoms with E-state index >= 15 is 0 Å². The summed E-state index contributed by atoms with van der Waals surface area (Å²) in [6, 6.07) is 0. The van der Waals surface area contributed by atoms with Crippen LogP contribution in [0.5, 0.6) is 0 Å². The van der Waals surface area contributed by atoms with E-state index in [2.05, 4.69) is 23.8 Å². The molecule has 0 amide bonds. The topological polar surface area (TPSA) is 28.7 Å². The average Bonchev–Trinajstić information content (AvgIpc) is 2.43. The predicted molar refractivity (Wildman–Crippen MR) is 50.9 cm³/mol. The predicted octanol–water partition coefficient (Wildman–Crippen LogP) is 2.94. The fourth-order valence-corrected chi connectivity index (χ4v) is 1.31. The summed E-state index contributed by atoms with van der Waals surface area (Å²) in [5.41, 5.74) is 0. The maximum Gasteiger partial charge on any atom is 0.0928 e. The lowest BCUT2D eigenvalue weighted by Gasteiger charge is -1.98. The molecular formula is C8H16N2S. The van der Waals surface area contributed by atoms with Gasteiger partial charge in [-0.05, 0) is 0 Å². The first kappa shape index (κ1) is 10.6. The van der Waals surface area contributed by atoms with Crippen LogP contribution < -0.4 is 0 Å². The number of hydrogen-bond acceptors (Lipinski definition) is 2. The number of nitrogens with one attached hydrogen (secondary N) is 1. The summed E-state index contributed by atoms with van der Waals surface area (Å²) in [4.78, 5) is 6.92. The smallest absolute Gasteiger partial charge is 0.0928 e. The Morgan fingerprint density at radius 1 is 1.45 bits per heavy atom. The van der Waals surface area contributed by atoms with Gasteiger partial charge >= 0.3 is 0 Å². The van der Waals surface area contributed by atoms with E-state index in [-0.39, 0.29) is 0 Å². The van der Waals surface area contributed by atoms with Crippen molar-refractivity contribution in [3.8, 4) is 0 Å². The summed E-state index contributed by atoms with van der Waals surface area (Å²) in [7, 11) is 0. The van der Waals surface area contributed by atoms with Gasteiger partial charge in [0.1, 0.15) is 0 Å². The Morgan fingerprint density at radius 2 is 2.09 bits per heavy atom. The van der Waals surface area contributed by atoms with Gasteiger partial charge in [0.25, 0.3) is 0 Å². The maximum absolute atomic E-state index is 3.90. The highest BCUT2D eigenvalue weighted by atomic mass is 32.2. The van der Waals surface area contributed by atoms with Gasteiger partial charge in [-0.2, -0.15) is 0 Å². The second kappa shape index (κ2) is 6.28. The summed E-state index contributed by atoms with van der Waals surface area (Å²) in [5, 5.41) is 1.77. The first-order chi connectivity index (χ1) is 5.29. The highest BCUT2D eigenvalue weighted by Crippen LogP contribution is 2.18. The van der Waals surface area contributed by atoms with Crippen LogP contribution in [-0.4, -0.2) is 15.2 Å². The van der Waals surface area contributed by atoms with Crippen molar-refractivity contribution in [3.63, 3.8) is 0 Å². The number of aromatic amines is 1. The standard InChI is InChI=1S/C6H10N2S.C2H6/c1-5(2)9-6-3-7-4-8-6;1-2/h3-5H,1-2H3,(H,7,8);1-2H3. The number of aromatic nitrogens is 2. The summed E-state index contributed by atoms with van der Waals surface area (Å²) in [6.07, 6.45) is 3.54. The Hall–Kier alpha value is -0.440. The zero-order valence-corrected chi connectivity index (χ0v) is 8.40. The molecule has 0 saturated heterocycles. The van der Waals surface area contributed by atoms with Gasteiger partial charge in [-0.25, -0.2) is 4.98 Å². The molecule has 0 aliphatic rings. The molecular weight excluding hydrogens is 156 g/mol. The molecule has 0 aliphatic carbocycles. The van der Waals surface area contributed by atoms with Crippen molar-refractivity contribution in [1.82, 2.24) is 9.97 Å². The van der Waals surface area contributed by atoms with Crippen molar-refractivity contribution in [3.05, 3.63) is 12.5 Å². The lowest BCUT2D eigenvalue weighted by Crippen LogP contribution is -1.84. The molecule has 0 fully saturated rings. The zero-order chi connectivity index (χ0) is 8.69. The quantitative estimate of drug-likeness (QED) is 0.695. The van der Waals surface area contributed by atoms with Gasteiger partial charge in [-0.3, -0.25) is 0 Å². The monoisotopic (exact) mass is 172 g/mol. The molecule has 11 heavy (non-hydrogen) atoms. The molecule has 3 heteroatoms. The normalized spacial score (nSPS) is 9.18. The first-order valence-electron chi connectivity index (χ1n) is 3.94. The number of imidazole rings is 1. The number of rotatable bonds is 2. The van der Waals surface area contributed by atoms with Crippen LogP contribution in [0.4, 0.5) is 0 Å². The fraction of sp³-hybridized carbons (Fsp3) is 0.625. The Balaban J connectivity index is 0.000000461. The van der Waals surface area contributed by atoms with Crippen LogP contribution in [0.15, 0.2) is 17.6 Å². The Kier molecular flexibility index (Phi) is 6.03. The summed E-state index contributed by atoms with van der Waals surface area (Å²) < 4.78 is 0. The van der Waals surface area contributed by atoms with Gasteiger partial charge in [0, 0.05) is 5.25 Å². The van der Waals surface area contributed by atoms with Crippen molar-refractivity contribution < 1.29 is 0 Å². The SMILES string of the molecule is CC.CC(C)Sc1cnc[nH]1. The maximum atomic E-state index is 3.90. The molecule has 0 aromatic carbocycles. The van der Waals surface area contributed by atoms with Crippen molar-refractivity contribution in [2.45, 2.75) is 38.0 Å². The van der Waals surface area contributed by atoms with Crippen LogP contribution >= 0.6 is 11.8 Å². The van der Waals surface area contributed by atoms with Gasteiger partial charge in [0.2, 0.25) is 0 Å². The lowest BCUT2D eigenvalue weighted by molar-refractivity contribution is 1.09. The molecule has 0 spiro atoms. The molecule has 2 nitrogen and oxygen atoms in total. The van der Waals surface area contributed by atoms with Crippen LogP contribution in [0.25, 0.3) is 0 Å². The molecule has 0 saturated carbocycles. The minimum absolute atomic E-state index is 0.630. The Morgan fingerprint density at radius 3 is 2.45 bits per heavy atom. The first-order valence-corrected chi connectivity index (χ1v) is 4.82. The van der Waals surface area contributed by atoms with Crippen LogP contribution in [0.3, 0.4) is 0 Å². The average molecular weight is 172 g/mol. The molecule has 0 radical (unpaired) electrons. The fourth-order valence-electron chi connectivity index (χ4n) is 0.562. The molecule has 1 heterocycles. The molecule has 1 aromatic heterocycles. The van der Waals surface area contributed by atoms with E-state index in [1.807, 2.05) is 20.0 Å². The highest BCUT2D eigenvalue weighted by Gasteiger charge is 1.96. The third-order valence-electron chi connectivity index (χ3n) is 0.836. The molecule has 1 N–H and O–H groups in total. The van der Waals surface area contributed by atoms with E-state index in [9.17, 15) is 0 Å². The van der Waals surface area contributed by atoms with Gasteiger partial charge < -0.3 is 4.98 Å². The summed E-state index contributed by atoms with van der Waals surface area (Å²) in [6.45, 7) is 8.32. The minimum Gasteiger partial charge on any atom is -0.340 e. The molecule has 64 valence electrons. The molecule has 1 aromatic rings. The number of H-pyrrole nitrogens is 1. The van der Waals surface area contributed by atoms with E-state index in [1.165, 1.54) is 0 Å². The number of thioether (sulfide) groups is 1. The van der Waals surface area contributed by atoms with E-state index in [0.29, 0.717) is 5.25 Å². The van der Waals surface area contributed by atoms with Gasteiger partial charge in [-0.15, -0.1) is 11.8 Å². The minimum atomic E-state index is 0.630. The lowest BCUT2D eigenvalue weighted by atomic mass is 10.6. The third-order valence-corrected chi connectivity index (χ3v) is 1.78. The number of hydrogen-bond donors (Lipinski definition) is 1. The van der Waals surface area contributed by atoms with E-state index in [1.54, 1.807) is 18.1 Å². The molecule has 0 aliphatic heterocycles. The zero-order valence-electron chi connectivity index (χ0n) is 7.59. The molecule has 1 rings (SSSR count). The van der Waals surface area contributed by atoms with Crippen molar-refractivity contribution in [2.24, 2.45) is 0 Å². The van der Waals surface area contributed by atoms with Crippen molar-refractivity contribution in [1.29, 1.82) is 0 Å². The van der Waals surface area contributed by atoms with E-state index in [4.69, 9.17) is 0 Å². The third kappa shape index (κ3) is 4.90. The van der Waals surface area contributed by atoms with Crippen LogP contribution in [-0.2, 0) is 0 Å². The number of nitrogens with zero attached hydrogens (tertiary/aromatic N) is 1. The molecule has 0 atom stereocenters. The van der Waals surface area contributed by atoms with Crippen molar-refractivity contribution >= 4 is 11.8 Å². The largest absolute Gasteiger partial charge is 0.340 e. The van der Waals surface area contributed by atoms with Crippen LogP contribution in [0, 0.1) is 0 Å². The molecule has 0 bridgehead atoms. The second-order valence-corrected chi connectivity index (χ2v) is 3.70. The van der Waals surface area contributed by atoms with Crippen LogP contribution in [0.1, 0.15) is 27.7 Å². The van der Waals surface area contributed by atoms with Crippen LogP contribution in [0.2, 0.25) is 0 Å². The van der Waals surface area contributed by atoms with Crippen molar-refractivity contribution in [2.75, 3.05) is 0 Å². The van der Waals surface area contributed by atoms with Gasteiger partial charge in [-0.1, -0.05) is 27.7 Å². The highest BCUT2D eigenvalue weighted by molar-refractivity contribution is 7.99. The van der Waals surface area contributed by atoms with Gasteiger partial charge in [0.05, 0.1) is 17.6 Å².